The highest BCUT2D eigenvalue weighted by Gasteiger charge is 2.48. The number of hydrogen-bond donors (Lipinski definition) is 1. The molecule has 37 heavy (non-hydrogen) atoms. The number of carbonyl (C=O) groups is 2. The highest BCUT2D eigenvalue weighted by molar-refractivity contribution is 7.88. The predicted octanol–water partition coefficient (Wildman–Crippen LogP) is 4.50. The number of halogens is 3. The molecule has 0 fully saturated rings. The lowest BCUT2D eigenvalue weighted by atomic mass is 10.1. The summed E-state index contributed by atoms with van der Waals surface area (Å²) in [5.74, 6) is -1.35. The standard InChI is InChI=1S/C25H22F3NO7S/c26-25(27,28)37(32,33)36-21-13-11-18(12-14-21)15-22(23(30)34-16-19-7-3-1-4-8-19)29-24(31)35-17-20-9-5-2-6-10-20/h1-14,22H,15-17H2,(H,29,31)/t22-/m0/s1. The van der Waals surface area contributed by atoms with Gasteiger partial charge in [0.05, 0.1) is 0 Å². The van der Waals surface area contributed by atoms with Gasteiger partial charge in [0.1, 0.15) is 25.0 Å². The lowest BCUT2D eigenvalue weighted by molar-refractivity contribution is -0.147. The van der Waals surface area contributed by atoms with E-state index in [2.05, 4.69) is 9.50 Å². The summed E-state index contributed by atoms with van der Waals surface area (Å²) in [6.07, 6.45) is -1.01. The zero-order chi connectivity index (χ0) is 26.9. The number of hydrogen-bond acceptors (Lipinski definition) is 7. The minimum Gasteiger partial charge on any atom is -0.459 e. The zero-order valence-corrected chi connectivity index (χ0v) is 20.0. The maximum absolute atomic E-state index is 12.8. The molecule has 1 N–H and O–H groups in total. The first-order valence-electron chi connectivity index (χ1n) is 10.8. The number of carbonyl (C=O) groups excluding carboxylic acids is 2. The molecule has 3 aromatic rings. The molecule has 0 saturated carbocycles. The second-order valence-corrected chi connectivity index (χ2v) is 9.22. The Kier molecular flexibility index (Phi) is 9.12. The van der Waals surface area contributed by atoms with Gasteiger partial charge in [-0.3, -0.25) is 0 Å². The van der Waals surface area contributed by atoms with Gasteiger partial charge in [0.2, 0.25) is 0 Å². The first-order valence-corrected chi connectivity index (χ1v) is 12.2. The minimum absolute atomic E-state index is 0.0435. The van der Waals surface area contributed by atoms with Crippen molar-refractivity contribution in [3.05, 3.63) is 102 Å². The van der Waals surface area contributed by atoms with Crippen molar-refractivity contribution in [2.75, 3.05) is 0 Å². The van der Waals surface area contributed by atoms with Crippen LogP contribution < -0.4 is 9.50 Å². The molecule has 0 aliphatic rings. The minimum atomic E-state index is -5.83. The smallest absolute Gasteiger partial charge is 0.459 e. The van der Waals surface area contributed by atoms with Crippen LogP contribution in [0.1, 0.15) is 16.7 Å². The van der Waals surface area contributed by atoms with E-state index in [4.69, 9.17) is 9.47 Å². The Morgan fingerprint density at radius 3 is 1.78 bits per heavy atom. The molecule has 0 aromatic heterocycles. The second-order valence-electron chi connectivity index (χ2n) is 7.68. The number of ether oxygens (including phenoxy) is 2. The Balaban J connectivity index is 1.68. The van der Waals surface area contributed by atoms with Gasteiger partial charge in [-0.2, -0.15) is 21.6 Å². The van der Waals surface area contributed by atoms with Crippen LogP contribution in [0.5, 0.6) is 5.75 Å². The van der Waals surface area contributed by atoms with E-state index in [0.717, 1.165) is 17.7 Å². The highest BCUT2D eigenvalue weighted by atomic mass is 32.2. The maximum atomic E-state index is 12.8. The fraction of sp³-hybridized carbons (Fsp3) is 0.200. The van der Waals surface area contributed by atoms with Gasteiger partial charge in [-0.05, 0) is 28.8 Å². The summed E-state index contributed by atoms with van der Waals surface area (Å²) in [5, 5.41) is 2.43. The van der Waals surface area contributed by atoms with E-state index >= 15 is 0 Å². The average Bonchev–Trinajstić information content (AvgIpc) is 2.87. The molecule has 196 valence electrons. The molecule has 0 spiro atoms. The van der Waals surface area contributed by atoms with Gasteiger partial charge in [0.25, 0.3) is 0 Å². The number of amides is 1. The van der Waals surface area contributed by atoms with E-state index < -0.39 is 39.5 Å². The molecular formula is C25H22F3NO7S. The molecule has 0 bridgehead atoms. The fourth-order valence-electron chi connectivity index (χ4n) is 3.02. The predicted molar refractivity (Wildman–Crippen MR) is 126 cm³/mol. The van der Waals surface area contributed by atoms with Crippen molar-refractivity contribution in [3.8, 4) is 5.75 Å². The number of rotatable bonds is 10. The molecule has 12 heteroatoms. The van der Waals surface area contributed by atoms with Crippen LogP contribution in [-0.4, -0.2) is 32.0 Å². The van der Waals surface area contributed by atoms with Crippen molar-refractivity contribution in [1.29, 1.82) is 0 Å². The van der Waals surface area contributed by atoms with Crippen LogP contribution in [0.3, 0.4) is 0 Å². The van der Waals surface area contributed by atoms with Crippen molar-refractivity contribution in [1.82, 2.24) is 5.32 Å². The molecular weight excluding hydrogens is 515 g/mol. The third-order valence-electron chi connectivity index (χ3n) is 4.87. The van der Waals surface area contributed by atoms with Crippen molar-refractivity contribution in [2.45, 2.75) is 31.2 Å². The summed E-state index contributed by atoms with van der Waals surface area (Å²) < 4.78 is 74.5. The molecule has 1 atom stereocenters. The largest absolute Gasteiger partial charge is 0.534 e. The summed E-state index contributed by atoms with van der Waals surface area (Å²) in [7, 11) is -5.83. The van der Waals surface area contributed by atoms with Crippen LogP contribution in [0, 0.1) is 0 Å². The Hall–Kier alpha value is -4.06. The molecule has 3 rings (SSSR count). The summed E-state index contributed by atoms with van der Waals surface area (Å²) in [6, 6.07) is 21.0. The first-order chi connectivity index (χ1) is 17.5. The van der Waals surface area contributed by atoms with E-state index in [1.165, 1.54) is 12.1 Å². The Bertz CT molecular complexity index is 1280. The molecule has 0 aliphatic heterocycles. The van der Waals surface area contributed by atoms with Crippen LogP contribution >= 0.6 is 0 Å². The number of alkyl halides is 3. The normalized spacial score (nSPS) is 12.3. The van der Waals surface area contributed by atoms with Gasteiger partial charge < -0.3 is 19.0 Å². The third kappa shape index (κ3) is 8.53. The third-order valence-corrected chi connectivity index (χ3v) is 5.84. The summed E-state index contributed by atoms with van der Waals surface area (Å²) in [6.45, 7) is -0.100. The summed E-state index contributed by atoms with van der Waals surface area (Å²) in [4.78, 5) is 25.1. The van der Waals surface area contributed by atoms with Crippen LogP contribution in [0.4, 0.5) is 18.0 Å². The van der Waals surface area contributed by atoms with Crippen LogP contribution in [0.25, 0.3) is 0 Å². The van der Waals surface area contributed by atoms with Crippen LogP contribution in [-0.2, 0) is 44.0 Å². The summed E-state index contributed by atoms with van der Waals surface area (Å²) >= 11 is 0. The molecule has 1 amide bonds. The molecule has 8 nitrogen and oxygen atoms in total. The molecule has 0 heterocycles. The number of nitrogens with one attached hydrogen (secondary N) is 1. The van der Waals surface area contributed by atoms with Gasteiger partial charge >= 0.3 is 27.7 Å². The quantitative estimate of drug-likeness (QED) is 0.231. The molecule has 0 unspecified atom stereocenters. The fourth-order valence-corrected chi connectivity index (χ4v) is 3.48. The monoisotopic (exact) mass is 537 g/mol. The van der Waals surface area contributed by atoms with Gasteiger partial charge in [-0.25, -0.2) is 9.59 Å². The van der Waals surface area contributed by atoms with Crippen LogP contribution in [0.15, 0.2) is 84.9 Å². The Labute approximate surface area is 211 Å². The number of alkyl carbamates (subject to hydrolysis) is 1. The first kappa shape index (κ1) is 27.5. The molecule has 0 saturated heterocycles. The highest BCUT2D eigenvalue weighted by Crippen LogP contribution is 2.27. The lowest BCUT2D eigenvalue weighted by Crippen LogP contribution is -2.43. The van der Waals surface area contributed by atoms with E-state index in [0.29, 0.717) is 11.1 Å². The molecule has 0 aliphatic carbocycles. The lowest BCUT2D eigenvalue weighted by Gasteiger charge is -2.18. The maximum Gasteiger partial charge on any atom is 0.534 e. The second kappa shape index (κ2) is 12.3. The van der Waals surface area contributed by atoms with Gasteiger partial charge in [0.15, 0.2) is 0 Å². The average molecular weight is 538 g/mol. The van der Waals surface area contributed by atoms with E-state index in [1.807, 2.05) is 0 Å². The van der Waals surface area contributed by atoms with Crippen molar-refractivity contribution < 1.29 is 44.8 Å². The topological polar surface area (TPSA) is 108 Å². The van der Waals surface area contributed by atoms with Crippen LogP contribution in [0.2, 0.25) is 0 Å². The van der Waals surface area contributed by atoms with E-state index in [9.17, 15) is 31.2 Å². The molecule has 0 radical (unpaired) electrons. The summed E-state index contributed by atoms with van der Waals surface area (Å²) in [5.41, 5.74) is -3.76. The Morgan fingerprint density at radius 1 is 0.757 bits per heavy atom. The van der Waals surface area contributed by atoms with Crippen molar-refractivity contribution in [2.24, 2.45) is 0 Å². The van der Waals surface area contributed by atoms with Gasteiger partial charge in [0, 0.05) is 6.42 Å². The van der Waals surface area contributed by atoms with Gasteiger partial charge in [-0.15, -0.1) is 0 Å². The zero-order valence-electron chi connectivity index (χ0n) is 19.2. The Morgan fingerprint density at radius 2 is 1.27 bits per heavy atom. The number of benzene rings is 3. The number of esters is 1. The van der Waals surface area contributed by atoms with E-state index in [1.54, 1.807) is 60.7 Å². The van der Waals surface area contributed by atoms with Crippen molar-refractivity contribution >= 4 is 22.2 Å². The van der Waals surface area contributed by atoms with E-state index in [-0.39, 0.29) is 19.6 Å². The molecule has 3 aromatic carbocycles. The van der Waals surface area contributed by atoms with Gasteiger partial charge in [-0.1, -0.05) is 72.8 Å². The van der Waals surface area contributed by atoms with Crippen molar-refractivity contribution in [3.63, 3.8) is 0 Å². The SMILES string of the molecule is O=C(N[C@@H](Cc1ccc(OS(=O)(=O)C(F)(F)F)cc1)C(=O)OCc1ccccc1)OCc1ccccc1.